The average Bonchev–Trinajstić information content (AvgIpc) is 3.27. The van der Waals surface area contributed by atoms with E-state index in [0.29, 0.717) is 5.57 Å². The lowest BCUT2D eigenvalue weighted by Crippen LogP contribution is -2.80. The predicted octanol–water partition coefficient (Wildman–Crippen LogP) is 1.93. The minimum absolute atomic E-state index is 0.00711. The van der Waals surface area contributed by atoms with Gasteiger partial charge in [-0.25, -0.2) is 0 Å². The second-order valence-electron chi connectivity index (χ2n) is 6.65. The van der Waals surface area contributed by atoms with E-state index >= 15 is 0 Å². The first kappa shape index (κ1) is 24.0. The molecular formula is C18H23N2O8PS2. The maximum atomic E-state index is 13.3. The number of thiophene rings is 1. The number of carbonyl (C=O) groups is 3. The molecule has 3 rings (SSSR count). The number of methoxy groups -OCH3 is 1. The molecule has 1 N–H and O–H groups in total. The zero-order valence-corrected chi connectivity index (χ0v) is 19.9. The number of ether oxygens (including phenoxy) is 2. The summed E-state index contributed by atoms with van der Waals surface area (Å²) in [5, 5.41) is 3.85. The van der Waals surface area contributed by atoms with Crippen LogP contribution < -0.4 is 5.32 Å². The number of thioether (sulfide) groups is 1. The zero-order chi connectivity index (χ0) is 22.8. The van der Waals surface area contributed by atoms with Gasteiger partial charge in [0.1, 0.15) is 17.4 Å². The minimum Gasteiger partial charge on any atom is -0.461 e. The summed E-state index contributed by atoms with van der Waals surface area (Å²) in [5.74, 6) is -1.25. The molecule has 2 atom stereocenters. The first-order valence-electron chi connectivity index (χ1n) is 9.13. The molecule has 0 radical (unpaired) electrons. The smallest absolute Gasteiger partial charge is 0.377 e. The molecule has 1 saturated heterocycles. The average molecular weight is 490 g/mol. The van der Waals surface area contributed by atoms with Crippen molar-refractivity contribution in [1.29, 1.82) is 0 Å². The van der Waals surface area contributed by atoms with E-state index in [-0.39, 0.29) is 30.1 Å². The number of esters is 1. The van der Waals surface area contributed by atoms with Crippen molar-refractivity contribution in [2.45, 2.75) is 24.4 Å². The number of hydrogen-bond acceptors (Lipinski definition) is 10. The van der Waals surface area contributed by atoms with E-state index in [9.17, 15) is 18.9 Å². The summed E-state index contributed by atoms with van der Waals surface area (Å²) in [5.41, 5.74) is -1.19. The molecule has 0 unspecified atom stereocenters. The Morgan fingerprint density at radius 2 is 2.03 bits per heavy atom. The summed E-state index contributed by atoms with van der Waals surface area (Å²) in [6.45, 7) is 1.08. The SMILES string of the molecule is CO[C@@]1(NC(=O)Cc2cccs2)C(=O)N2C(P(=O)(OC)OC)=C(COC(C)=O)CS[C@H]21. The normalized spacial score (nSPS) is 23.3. The van der Waals surface area contributed by atoms with Crippen molar-refractivity contribution in [3.63, 3.8) is 0 Å². The Morgan fingerprint density at radius 1 is 1.32 bits per heavy atom. The monoisotopic (exact) mass is 490 g/mol. The van der Waals surface area contributed by atoms with Crippen LogP contribution >= 0.6 is 30.7 Å². The standard InChI is InChI=1S/C18H23N2O8PS2/c1-11(21)28-9-12-10-31-17-18(25-2,19-14(22)8-13-6-5-7-30-13)16(23)20(17)15(12)29(24,26-3)27-4/h5-7,17H,8-10H2,1-4H3,(H,19,22)/t17-,18-/m0/s1. The number of nitrogens with zero attached hydrogens (tertiary/aromatic N) is 1. The van der Waals surface area contributed by atoms with Gasteiger partial charge < -0.3 is 23.8 Å². The van der Waals surface area contributed by atoms with Crippen LogP contribution in [0.25, 0.3) is 0 Å². The van der Waals surface area contributed by atoms with Gasteiger partial charge in [0, 0.05) is 44.5 Å². The maximum Gasteiger partial charge on any atom is 0.377 e. The molecule has 2 amide bonds. The van der Waals surface area contributed by atoms with Gasteiger partial charge in [-0.2, -0.15) is 0 Å². The van der Waals surface area contributed by atoms with Crippen molar-refractivity contribution in [2.75, 3.05) is 33.7 Å². The van der Waals surface area contributed by atoms with Crippen molar-refractivity contribution in [2.24, 2.45) is 0 Å². The summed E-state index contributed by atoms with van der Waals surface area (Å²) >= 11 is 2.72. The number of β-lactam (4-membered cyclic amide) rings is 1. The molecule has 0 saturated carbocycles. The van der Waals surface area contributed by atoms with E-state index in [1.165, 1.54) is 56.3 Å². The molecule has 3 heterocycles. The summed E-state index contributed by atoms with van der Waals surface area (Å²) in [4.78, 5) is 39.2. The van der Waals surface area contributed by atoms with Gasteiger partial charge in [-0.15, -0.1) is 23.1 Å². The van der Waals surface area contributed by atoms with Gasteiger partial charge in [-0.1, -0.05) is 6.07 Å². The zero-order valence-electron chi connectivity index (χ0n) is 17.4. The Balaban J connectivity index is 1.91. The van der Waals surface area contributed by atoms with Gasteiger partial charge >= 0.3 is 13.6 Å². The third-order valence-corrected chi connectivity index (χ3v) is 9.09. The Morgan fingerprint density at radius 3 is 2.58 bits per heavy atom. The van der Waals surface area contributed by atoms with Gasteiger partial charge in [-0.05, 0) is 11.4 Å². The van der Waals surface area contributed by atoms with Crippen LogP contribution in [-0.2, 0) is 43.9 Å². The van der Waals surface area contributed by atoms with Crippen LogP contribution in [0.15, 0.2) is 28.5 Å². The fraction of sp³-hybridized carbons (Fsp3) is 0.500. The van der Waals surface area contributed by atoms with Gasteiger partial charge in [0.2, 0.25) is 5.91 Å². The molecule has 10 nitrogen and oxygen atoms in total. The second-order valence-corrected chi connectivity index (χ2v) is 10.9. The molecule has 170 valence electrons. The van der Waals surface area contributed by atoms with E-state index in [1.807, 2.05) is 17.5 Å². The van der Waals surface area contributed by atoms with Crippen LogP contribution in [0.4, 0.5) is 0 Å². The summed E-state index contributed by atoms with van der Waals surface area (Å²) < 4.78 is 34.0. The number of rotatable bonds is 9. The molecule has 0 spiro atoms. The van der Waals surface area contributed by atoms with Gasteiger partial charge in [0.25, 0.3) is 11.6 Å². The second kappa shape index (κ2) is 9.43. The highest BCUT2D eigenvalue weighted by atomic mass is 32.2. The van der Waals surface area contributed by atoms with Crippen LogP contribution in [0.3, 0.4) is 0 Å². The van der Waals surface area contributed by atoms with Crippen LogP contribution in [0.5, 0.6) is 0 Å². The van der Waals surface area contributed by atoms with Crippen LogP contribution in [0, 0.1) is 0 Å². The van der Waals surface area contributed by atoms with Crippen molar-refractivity contribution < 1.29 is 37.5 Å². The van der Waals surface area contributed by atoms with E-state index in [2.05, 4.69) is 5.32 Å². The summed E-state index contributed by atoms with van der Waals surface area (Å²) in [6, 6.07) is 3.66. The molecule has 1 aromatic rings. The number of amides is 2. The third kappa shape index (κ3) is 4.33. The van der Waals surface area contributed by atoms with Gasteiger partial charge in [0.05, 0.1) is 6.42 Å². The molecule has 2 aliphatic rings. The van der Waals surface area contributed by atoms with E-state index < -0.39 is 30.6 Å². The summed E-state index contributed by atoms with van der Waals surface area (Å²) in [6.07, 6.45) is 0.0997. The molecule has 0 aliphatic carbocycles. The van der Waals surface area contributed by atoms with E-state index in [1.54, 1.807) is 0 Å². The quantitative estimate of drug-likeness (QED) is 0.240. The predicted molar refractivity (Wildman–Crippen MR) is 114 cm³/mol. The molecule has 0 aromatic carbocycles. The van der Waals surface area contributed by atoms with Crippen molar-refractivity contribution >= 4 is 48.5 Å². The first-order chi connectivity index (χ1) is 14.7. The van der Waals surface area contributed by atoms with Crippen molar-refractivity contribution in [3.8, 4) is 0 Å². The van der Waals surface area contributed by atoms with Crippen LogP contribution in [0.2, 0.25) is 0 Å². The Kier molecular flexibility index (Phi) is 7.29. The highest BCUT2D eigenvalue weighted by molar-refractivity contribution is 8.00. The van der Waals surface area contributed by atoms with Crippen LogP contribution in [0.1, 0.15) is 11.8 Å². The molecule has 1 fully saturated rings. The fourth-order valence-corrected chi connectivity index (χ4v) is 7.17. The fourth-order valence-electron chi connectivity index (χ4n) is 3.37. The number of fused-ring (bicyclic) bond motifs is 1. The minimum atomic E-state index is -3.89. The molecule has 2 aliphatic heterocycles. The number of hydrogen-bond donors (Lipinski definition) is 1. The lowest BCUT2D eigenvalue weighted by atomic mass is 10.0. The highest BCUT2D eigenvalue weighted by Gasteiger charge is 2.68. The lowest BCUT2D eigenvalue weighted by Gasteiger charge is -2.56. The molecular weight excluding hydrogens is 467 g/mol. The molecule has 1 aromatic heterocycles. The van der Waals surface area contributed by atoms with Crippen LogP contribution in [-0.4, -0.2) is 67.5 Å². The largest absolute Gasteiger partial charge is 0.461 e. The third-order valence-electron chi connectivity index (χ3n) is 4.83. The molecule has 13 heteroatoms. The molecule has 0 bridgehead atoms. The van der Waals surface area contributed by atoms with Crippen molar-refractivity contribution in [1.82, 2.24) is 10.2 Å². The Labute approximate surface area is 187 Å². The van der Waals surface area contributed by atoms with Crippen molar-refractivity contribution in [3.05, 3.63) is 33.4 Å². The maximum absolute atomic E-state index is 13.3. The topological polar surface area (TPSA) is 120 Å². The first-order valence-corrected chi connectivity index (χ1v) is 12.6. The number of nitrogens with one attached hydrogen (secondary N) is 1. The van der Waals surface area contributed by atoms with E-state index in [4.69, 9.17) is 18.5 Å². The number of carbonyl (C=O) groups excluding carboxylic acids is 3. The lowest BCUT2D eigenvalue weighted by molar-refractivity contribution is -0.190. The van der Waals surface area contributed by atoms with Gasteiger partial charge in [0.15, 0.2) is 0 Å². The molecule has 31 heavy (non-hydrogen) atoms. The Bertz CT molecular complexity index is 942. The summed E-state index contributed by atoms with van der Waals surface area (Å²) in [7, 11) is -0.157. The van der Waals surface area contributed by atoms with E-state index in [0.717, 1.165) is 4.88 Å². The Hall–Kier alpha value is -1.69. The van der Waals surface area contributed by atoms with Gasteiger partial charge in [-0.3, -0.25) is 23.8 Å². The highest BCUT2D eigenvalue weighted by Crippen LogP contribution is 2.63.